The second kappa shape index (κ2) is 9.15. The Balaban J connectivity index is 1.50. The van der Waals surface area contributed by atoms with Gasteiger partial charge in [-0.3, -0.25) is 4.79 Å². The Morgan fingerprint density at radius 1 is 1.10 bits per heavy atom. The van der Waals surface area contributed by atoms with E-state index in [1.54, 1.807) is 12.1 Å². The van der Waals surface area contributed by atoms with E-state index in [9.17, 15) is 17.6 Å². The fraction of sp³-hybridized carbons (Fsp3) is 0.211. The van der Waals surface area contributed by atoms with Crippen molar-refractivity contribution >= 4 is 27.3 Å². The number of amides is 1. The number of hydrogen-bond donors (Lipinski definition) is 1. The van der Waals surface area contributed by atoms with E-state index in [0.717, 1.165) is 5.56 Å². The molecule has 0 bridgehead atoms. The summed E-state index contributed by atoms with van der Waals surface area (Å²) < 4.78 is 42.6. The first-order valence-electron chi connectivity index (χ1n) is 8.63. The average Bonchev–Trinajstić information content (AvgIpc) is 3.13. The molecule has 7 nitrogen and oxygen atoms in total. The van der Waals surface area contributed by atoms with Crippen molar-refractivity contribution < 1.29 is 22.1 Å². The highest BCUT2D eigenvalue weighted by atomic mass is 35.5. The lowest BCUT2D eigenvalue weighted by atomic mass is 10.2. The quantitative estimate of drug-likeness (QED) is 0.581. The summed E-state index contributed by atoms with van der Waals surface area (Å²) in [5, 5.41) is 6.80. The smallest absolute Gasteiger partial charge is 0.227 e. The number of rotatable bonds is 8. The summed E-state index contributed by atoms with van der Waals surface area (Å²) in [7, 11) is -3.64. The molecule has 0 aliphatic rings. The lowest BCUT2D eigenvalue weighted by Crippen LogP contribution is -2.23. The molecule has 3 aromatic rings. The van der Waals surface area contributed by atoms with Gasteiger partial charge in [-0.25, -0.2) is 12.8 Å². The predicted molar refractivity (Wildman–Crippen MR) is 103 cm³/mol. The van der Waals surface area contributed by atoms with E-state index in [1.165, 1.54) is 36.4 Å². The van der Waals surface area contributed by atoms with Gasteiger partial charge in [0.1, 0.15) is 11.6 Å². The third kappa shape index (κ3) is 6.10. The van der Waals surface area contributed by atoms with E-state index in [-0.39, 0.29) is 47.7 Å². The fourth-order valence-electron chi connectivity index (χ4n) is 2.46. The minimum absolute atomic E-state index is 0.0154. The zero-order valence-electron chi connectivity index (χ0n) is 15.1. The Bertz CT molecular complexity index is 1080. The zero-order valence-corrected chi connectivity index (χ0v) is 16.7. The normalized spacial score (nSPS) is 11.4. The van der Waals surface area contributed by atoms with Crippen LogP contribution in [0.25, 0.3) is 0 Å². The molecule has 0 aliphatic heterocycles. The number of halogens is 2. The molecule has 1 N–H and O–H groups in total. The van der Waals surface area contributed by atoms with Gasteiger partial charge in [-0.15, -0.1) is 0 Å². The first kappa shape index (κ1) is 20.9. The van der Waals surface area contributed by atoms with E-state index in [4.69, 9.17) is 16.1 Å². The van der Waals surface area contributed by atoms with Crippen LogP contribution in [0.15, 0.2) is 57.9 Å². The van der Waals surface area contributed by atoms with Gasteiger partial charge in [-0.1, -0.05) is 28.9 Å². The molecule has 1 heterocycles. The number of aryl methyl sites for hydroxylation is 1. The van der Waals surface area contributed by atoms with Crippen LogP contribution in [0.2, 0.25) is 5.02 Å². The summed E-state index contributed by atoms with van der Waals surface area (Å²) >= 11 is 5.77. The number of aromatic nitrogens is 2. The highest BCUT2D eigenvalue weighted by molar-refractivity contribution is 7.90. The van der Waals surface area contributed by atoms with E-state index in [1.807, 2.05) is 0 Å². The summed E-state index contributed by atoms with van der Waals surface area (Å²) in [6.07, 6.45) is 0.260. The molecule has 0 aliphatic carbocycles. The standard InChI is InChI=1S/C19H17ClFN3O4S/c20-14-3-7-16(8-4-14)29(26,27)12-17-23-19(28-24-17)10-9-18(25)22-11-13-1-5-15(21)6-2-13/h1-8H,9-12H2,(H,22,25). The van der Waals surface area contributed by atoms with Crippen LogP contribution in [0.3, 0.4) is 0 Å². The van der Waals surface area contributed by atoms with Crippen molar-refractivity contribution in [1.82, 2.24) is 15.5 Å². The van der Waals surface area contributed by atoms with E-state index >= 15 is 0 Å². The Morgan fingerprint density at radius 3 is 2.48 bits per heavy atom. The number of benzene rings is 2. The first-order valence-corrected chi connectivity index (χ1v) is 10.7. The van der Waals surface area contributed by atoms with Crippen molar-refractivity contribution in [2.45, 2.75) is 30.0 Å². The number of sulfone groups is 1. The molecule has 1 amide bonds. The van der Waals surface area contributed by atoms with Crippen LogP contribution in [-0.4, -0.2) is 24.5 Å². The van der Waals surface area contributed by atoms with Crippen LogP contribution in [0.5, 0.6) is 0 Å². The minimum atomic E-state index is -3.64. The van der Waals surface area contributed by atoms with Crippen molar-refractivity contribution in [3.63, 3.8) is 0 Å². The molecule has 0 atom stereocenters. The van der Waals surface area contributed by atoms with Crippen LogP contribution in [0.4, 0.5) is 4.39 Å². The van der Waals surface area contributed by atoms with Gasteiger partial charge in [-0.2, -0.15) is 4.98 Å². The molecule has 0 saturated carbocycles. The monoisotopic (exact) mass is 437 g/mol. The van der Waals surface area contributed by atoms with Gasteiger partial charge < -0.3 is 9.84 Å². The Hall–Kier alpha value is -2.78. The van der Waals surface area contributed by atoms with Crippen molar-refractivity contribution in [3.8, 4) is 0 Å². The van der Waals surface area contributed by atoms with Crippen molar-refractivity contribution in [1.29, 1.82) is 0 Å². The van der Waals surface area contributed by atoms with Gasteiger partial charge in [0.25, 0.3) is 0 Å². The lowest BCUT2D eigenvalue weighted by molar-refractivity contribution is -0.121. The second-order valence-electron chi connectivity index (χ2n) is 6.22. The highest BCUT2D eigenvalue weighted by Gasteiger charge is 2.19. The maximum absolute atomic E-state index is 12.9. The first-order chi connectivity index (χ1) is 13.8. The van der Waals surface area contributed by atoms with E-state index < -0.39 is 15.6 Å². The molecule has 1 aromatic heterocycles. The van der Waals surface area contributed by atoms with Crippen molar-refractivity contribution in [2.75, 3.05) is 0 Å². The Morgan fingerprint density at radius 2 is 1.79 bits per heavy atom. The van der Waals surface area contributed by atoms with Crippen LogP contribution < -0.4 is 5.32 Å². The summed E-state index contributed by atoms with van der Waals surface area (Å²) in [5.74, 6) is -0.826. The Kier molecular flexibility index (Phi) is 6.60. The number of hydrogen-bond acceptors (Lipinski definition) is 6. The van der Waals surface area contributed by atoms with Gasteiger partial charge in [-0.05, 0) is 42.0 Å². The average molecular weight is 438 g/mol. The molecule has 0 saturated heterocycles. The summed E-state index contributed by atoms with van der Waals surface area (Å²) in [6.45, 7) is 0.271. The number of carbonyl (C=O) groups is 1. The number of nitrogens with one attached hydrogen (secondary N) is 1. The van der Waals surface area contributed by atoms with Gasteiger partial charge >= 0.3 is 0 Å². The molecule has 29 heavy (non-hydrogen) atoms. The SMILES string of the molecule is O=C(CCc1nc(CS(=O)(=O)c2ccc(Cl)cc2)no1)NCc1ccc(F)cc1. The summed E-state index contributed by atoms with van der Waals surface area (Å²) in [5.41, 5.74) is 0.771. The van der Waals surface area contributed by atoms with Gasteiger partial charge in [0.15, 0.2) is 15.7 Å². The molecule has 0 unspecified atom stereocenters. The van der Waals surface area contributed by atoms with Crippen LogP contribution >= 0.6 is 11.6 Å². The molecular weight excluding hydrogens is 421 g/mol. The lowest BCUT2D eigenvalue weighted by Gasteiger charge is -2.04. The molecule has 0 fully saturated rings. The molecule has 3 rings (SSSR count). The number of nitrogens with zero attached hydrogens (tertiary/aromatic N) is 2. The van der Waals surface area contributed by atoms with Crippen molar-refractivity contribution in [2.24, 2.45) is 0 Å². The number of carbonyl (C=O) groups excluding carboxylic acids is 1. The van der Waals surface area contributed by atoms with Crippen LogP contribution in [-0.2, 0) is 33.4 Å². The van der Waals surface area contributed by atoms with Gasteiger partial charge in [0.2, 0.25) is 11.8 Å². The fourth-order valence-corrected chi connectivity index (χ4v) is 3.76. The predicted octanol–water partition coefficient (Wildman–Crippen LogP) is 3.09. The van der Waals surface area contributed by atoms with Gasteiger partial charge in [0.05, 0.1) is 4.90 Å². The third-order valence-corrected chi connectivity index (χ3v) is 5.85. The molecule has 0 radical (unpaired) electrons. The zero-order chi connectivity index (χ0) is 20.9. The maximum atomic E-state index is 12.9. The molecule has 152 valence electrons. The molecule has 10 heteroatoms. The Labute approximate surface area is 171 Å². The highest BCUT2D eigenvalue weighted by Crippen LogP contribution is 2.18. The minimum Gasteiger partial charge on any atom is -0.352 e. The second-order valence-corrected chi connectivity index (χ2v) is 8.65. The van der Waals surface area contributed by atoms with E-state index in [0.29, 0.717) is 5.02 Å². The largest absolute Gasteiger partial charge is 0.352 e. The molecule has 2 aromatic carbocycles. The van der Waals surface area contributed by atoms with Crippen molar-refractivity contribution in [3.05, 3.63) is 76.6 Å². The maximum Gasteiger partial charge on any atom is 0.227 e. The third-order valence-electron chi connectivity index (χ3n) is 3.97. The van der Waals surface area contributed by atoms with Gasteiger partial charge in [0, 0.05) is 24.4 Å². The topological polar surface area (TPSA) is 102 Å². The molecular formula is C19H17ClFN3O4S. The van der Waals surface area contributed by atoms with E-state index in [2.05, 4.69) is 15.5 Å². The summed E-state index contributed by atoms with van der Waals surface area (Å²) in [4.78, 5) is 16.1. The van der Waals surface area contributed by atoms with Crippen LogP contribution in [0.1, 0.15) is 23.7 Å². The molecule has 0 spiro atoms. The summed E-state index contributed by atoms with van der Waals surface area (Å²) in [6, 6.07) is 11.6. The van der Waals surface area contributed by atoms with Crippen LogP contribution in [0, 0.1) is 5.82 Å².